The standard InChI is InChI=1S/C14H18BrNO/c1-10(17)16-14-8-7-12(9-13(14)15)11-5-3-2-4-6-11/h7-9,11H,2-6H2,1H3,(H,16,17). The van der Waals surface area contributed by atoms with Gasteiger partial charge in [-0.2, -0.15) is 0 Å². The van der Waals surface area contributed by atoms with Gasteiger partial charge in [0.15, 0.2) is 0 Å². The number of halogens is 1. The summed E-state index contributed by atoms with van der Waals surface area (Å²) >= 11 is 3.53. The zero-order valence-corrected chi connectivity index (χ0v) is 11.7. The van der Waals surface area contributed by atoms with E-state index in [9.17, 15) is 4.79 Å². The second-order valence-corrected chi connectivity index (χ2v) is 5.61. The molecule has 1 aromatic rings. The van der Waals surface area contributed by atoms with Crippen LogP contribution in [0.2, 0.25) is 0 Å². The van der Waals surface area contributed by atoms with Gasteiger partial charge >= 0.3 is 0 Å². The van der Waals surface area contributed by atoms with Crippen LogP contribution in [0.5, 0.6) is 0 Å². The lowest BCUT2D eigenvalue weighted by Crippen LogP contribution is -2.08. The van der Waals surface area contributed by atoms with Crippen molar-refractivity contribution in [1.29, 1.82) is 0 Å². The molecule has 1 amide bonds. The molecule has 1 aliphatic carbocycles. The molecule has 0 spiro atoms. The van der Waals surface area contributed by atoms with E-state index < -0.39 is 0 Å². The lowest BCUT2D eigenvalue weighted by molar-refractivity contribution is -0.114. The van der Waals surface area contributed by atoms with E-state index in [1.807, 2.05) is 6.07 Å². The van der Waals surface area contributed by atoms with Crippen LogP contribution in [0.15, 0.2) is 22.7 Å². The molecule has 2 nitrogen and oxygen atoms in total. The second kappa shape index (κ2) is 5.67. The summed E-state index contributed by atoms with van der Waals surface area (Å²) in [7, 11) is 0. The summed E-state index contributed by atoms with van der Waals surface area (Å²) < 4.78 is 0.982. The minimum atomic E-state index is -0.0314. The first-order valence-corrected chi connectivity index (χ1v) is 7.03. The van der Waals surface area contributed by atoms with Crippen LogP contribution in [-0.2, 0) is 4.79 Å². The van der Waals surface area contributed by atoms with Gasteiger partial charge in [-0.15, -0.1) is 0 Å². The number of carbonyl (C=O) groups excluding carboxylic acids is 1. The molecule has 1 fully saturated rings. The molecule has 0 unspecified atom stereocenters. The molecule has 0 saturated heterocycles. The van der Waals surface area contributed by atoms with Gasteiger partial charge in [0.1, 0.15) is 0 Å². The van der Waals surface area contributed by atoms with Crippen molar-refractivity contribution in [2.45, 2.75) is 44.9 Å². The number of hydrogen-bond acceptors (Lipinski definition) is 1. The van der Waals surface area contributed by atoms with Gasteiger partial charge in [0, 0.05) is 11.4 Å². The molecule has 2 rings (SSSR count). The third-order valence-electron chi connectivity index (χ3n) is 3.38. The van der Waals surface area contributed by atoms with Gasteiger partial charge in [0.2, 0.25) is 5.91 Å². The van der Waals surface area contributed by atoms with Crippen LogP contribution in [0, 0.1) is 0 Å². The largest absolute Gasteiger partial charge is 0.325 e. The fraction of sp³-hybridized carbons (Fsp3) is 0.500. The van der Waals surface area contributed by atoms with Gasteiger partial charge in [0.25, 0.3) is 0 Å². The van der Waals surface area contributed by atoms with E-state index in [4.69, 9.17) is 0 Å². The molecule has 1 saturated carbocycles. The lowest BCUT2D eigenvalue weighted by Gasteiger charge is -2.22. The predicted octanol–water partition coefficient (Wildman–Crippen LogP) is 4.46. The van der Waals surface area contributed by atoms with Crippen LogP contribution in [-0.4, -0.2) is 5.91 Å². The number of rotatable bonds is 2. The first-order valence-electron chi connectivity index (χ1n) is 6.24. The van der Waals surface area contributed by atoms with Crippen molar-refractivity contribution in [1.82, 2.24) is 0 Å². The Bertz CT molecular complexity index is 411. The second-order valence-electron chi connectivity index (χ2n) is 4.76. The van der Waals surface area contributed by atoms with Crippen LogP contribution in [0.4, 0.5) is 5.69 Å². The smallest absolute Gasteiger partial charge is 0.221 e. The Morgan fingerprint density at radius 1 is 1.29 bits per heavy atom. The molecule has 1 aromatic carbocycles. The van der Waals surface area contributed by atoms with E-state index >= 15 is 0 Å². The Labute approximate surface area is 111 Å². The van der Waals surface area contributed by atoms with E-state index in [2.05, 4.69) is 33.4 Å². The summed E-state index contributed by atoms with van der Waals surface area (Å²) in [5.74, 6) is 0.669. The molecule has 0 bridgehead atoms. The number of amides is 1. The molecule has 1 N–H and O–H groups in total. The maximum Gasteiger partial charge on any atom is 0.221 e. The van der Waals surface area contributed by atoms with Gasteiger partial charge in [-0.05, 0) is 52.4 Å². The number of nitrogens with one attached hydrogen (secondary N) is 1. The third-order valence-corrected chi connectivity index (χ3v) is 4.04. The Morgan fingerprint density at radius 2 is 2.00 bits per heavy atom. The van der Waals surface area contributed by atoms with E-state index in [1.165, 1.54) is 44.6 Å². The molecule has 0 heterocycles. The monoisotopic (exact) mass is 295 g/mol. The third kappa shape index (κ3) is 3.32. The van der Waals surface area contributed by atoms with E-state index in [0.29, 0.717) is 5.92 Å². The molecule has 0 aliphatic heterocycles. The Hall–Kier alpha value is -0.830. The summed E-state index contributed by atoms with van der Waals surface area (Å²) in [6, 6.07) is 6.29. The lowest BCUT2D eigenvalue weighted by atomic mass is 9.84. The maximum atomic E-state index is 11.0. The quantitative estimate of drug-likeness (QED) is 0.858. The zero-order chi connectivity index (χ0) is 12.3. The van der Waals surface area contributed by atoms with Crippen LogP contribution in [0.3, 0.4) is 0 Å². The Morgan fingerprint density at radius 3 is 2.59 bits per heavy atom. The van der Waals surface area contributed by atoms with Crippen molar-refractivity contribution in [3.63, 3.8) is 0 Å². The van der Waals surface area contributed by atoms with Gasteiger partial charge in [-0.3, -0.25) is 4.79 Å². The number of carbonyl (C=O) groups is 1. The van der Waals surface area contributed by atoms with Crippen molar-refractivity contribution < 1.29 is 4.79 Å². The first kappa shape index (κ1) is 12.6. The molecule has 17 heavy (non-hydrogen) atoms. The highest BCUT2D eigenvalue weighted by Crippen LogP contribution is 2.35. The molecule has 0 radical (unpaired) electrons. The number of anilines is 1. The normalized spacial score (nSPS) is 16.8. The van der Waals surface area contributed by atoms with Gasteiger partial charge < -0.3 is 5.32 Å². The van der Waals surface area contributed by atoms with Crippen molar-refractivity contribution in [2.75, 3.05) is 5.32 Å². The molecule has 0 atom stereocenters. The molecule has 0 aromatic heterocycles. The molecular formula is C14H18BrNO. The minimum absolute atomic E-state index is 0.0314. The van der Waals surface area contributed by atoms with Crippen molar-refractivity contribution in [3.8, 4) is 0 Å². The first-order chi connectivity index (χ1) is 8.16. The summed E-state index contributed by atoms with van der Waals surface area (Å²) in [5, 5.41) is 2.82. The van der Waals surface area contributed by atoms with E-state index in [-0.39, 0.29) is 5.91 Å². The summed E-state index contributed by atoms with van der Waals surface area (Å²) in [6.45, 7) is 1.53. The average molecular weight is 296 g/mol. The van der Waals surface area contributed by atoms with Crippen molar-refractivity contribution >= 4 is 27.5 Å². The van der Waals surface area contributed by atoms with Gasteiger partial charge in [0.05, 0.1) is 5.69 Å². The Kier molecular flexibility index (Phi) is 4.21. The van der Waals surface area contributed by atoms with Gasteiger partial charge in [-0.1, -0.05) is 25.3 Å². The summed E-state index contributed by atoms with van der Waals surface area (Å²) in [5.41, 5.74) is 2.25. The van der Waals surface area contributed by atoms with Crippen molar-refractivity contribution in [3.05, 3.63) is 28.2 Å². The summed E-state index contributed by atoms with van der Waals surface area (Å²) in [6.07, 6.45) is 6.66. The van der Waals surface area contributed by atoms with Crippen LogP contribution in [0.25, 0.3) is 0 Å². The van der Waals surface area contributed by atoms with Crippen LogP contribution in [0.1, 0.15) is 50.5 Å². The topological polar surface area (TPSA) is 29.1 Å². The fourth-order valence-corrected chi connectivity index (χ4v) is 3.01. The van der Waals surface area contributed by atoms with Crippen LogP contribution >= 0.6 is 15.9 Å². The minimum Gasteiger partial charge on any atom is -0.325 e. The highest BCUT2D eigenvalue weighted by molar-refractivity contribution is 9.10. The van der Waals surface area contributed by atoms with Gasteiger partial charge in [-0.25, -0.2) is 0 Å². The highest BCUT2D eigenvalue weighted by Gasteiger charge is 2.16. The molecular weight excluding hydrogens is 278 g/mol. The van der Waals surface area contributed by atoms with Crippen LogP contribution < -0.4 is 5.32 Å². The van der Waals surface area contributed by atoms with E-state index in [0.717, 1.165) is 10.2 Å². The molecule has 1 aliphatic rings. The number of benzene rings is 1. The highest BCUT2D eigenvalue weighted by atomic mass is 79.9. The van der Waals surface area contributed by atoms with Crippen molar-refractivity contribution in [2.24, 2.45) is 0 Å². The maximum absolute atomic E-state index is 11.0. The summed E-state index contributed by atoms with van der Waals surface area (Å²) in [4.78, 5) is 11.0. The predicted molar refractivity (Wildman–Crippen MR) is 74.3 cm³/mol. The zero-order valence-electron chi connectivity index (χ0n) is 10.1. The molecule has 92 valence electrons. The SMILES string of the molecule is CC(=O)Nc1ccc(C2CCCCC2)cc1Br. The average Bonchev–Trinajstić information content (AvgIpc) is 2.32. The van der Waals surface area contributed by atoms with E-state index in [1.54, 1.807) is 0 Å². The molecule has 3 heteroatoms. The Balaban J connectivity index is 2.14. The number of hydrogen-bond donors (Lipinski definition) is 1. The fourth-order valence-electron chi connectivity index (χ4n) is 2.51.